The van der Waals surface area contributed by atoms with Gasteiger partial charge in [0.25, 0.3) is 0 Å². The van der Waals surface area contributed by atoms with E-state index in [0.29, 0.717) is 23.4 Å². The maximum Gasteiger partial charge on any atom is 0.426 e. The fraction of sp³-hybridized carbons (Fsp3) is 0.357. The van der Waals surface area contributed by atoms with E-state index < -0.39 is 11.8 Å². The van der Waals surface area contributed by atoms with Crippen LogP contribution in [-0.4, -0.2) is 25.9 Å². The van der Waals surface area contributed by atoms with Crippen molar-refractivity contribution in [3.63, 3.8) is 0 Å². The van der Waals surface area contributed by atoms with Gasteiger partial charge in [0.15, 0.2) is 0 Å². The van der Waals surface area contributed by atoms with Crippen molar-refractivity contribution in [3.05, 3.63) is 101 Å². The smallest absolute Gasteiger partial charge is 0.426 e. The second kappa shape index (κ2) is 9.64. The molecular formula is C28H29F3N2O2. The zero-order valence-corrected chi connectivity index (χ0v) is 19.6. The summed E-state index contributed by atoms with van der Waals surface area (Å²) < 4.78 is 55.1. The average Bonchev–Trinajstić information content (AvgIpc) is 3.27. The summed E-state index contributed by atoms with van der Waals surface area (Å²) in [6.45, 7) is 1.19. The monoisotopic (exact) mass is 482 g/mol. The van der Waals surface area contributed by atoms with Gasteiger partial charge in [-0.25, -0.2) is 0 Å². The van der Waals surface area contributed by atoms with Crippen LogP contribution in [0, 0.1) is 0 Å². The second-order valence-corrected chi connectivity index (χ2v) is 9.13. The zero-order chi connectivity index (χ0) is 24.5. The molecule has 3 aromatic rings. The van der Waals surface area contributed by atoms with Gasteiger partial charge in [-0.15, -0.1) is 0 Å². The number of alkyl halides is 3. The molecule has 0 aromatic heterocycles. The molecular weight excluding hydrogens is 453 g/mol. The van der Waals surface area contributed by atoms with Crippen LogP contribution in [0.5, 0.6) is 5.75 Å². The first-order valence-corrected chi connectivity index (χ1v) is 11.9. The Labute approximate surface area is 203 Å². The highest BCUT2D eigenvalue weighted by Gasteiger charge is 2.62. The Morgan fingerprint density at radius 2 is 1.77 bits per heavy atom. The first-order valence-electron chi connectivity index (χ1n) is 11.9. The summed E-state index contributed by atoms with van der Waals surface area (Å²) in [5.74, 6) is 0.561. The molecule has 2 aliphatic rings. The lowest BCUT2D eigenvalue weighted by molar-refractivity contribution is -0.262. The number of methoxy groups -OCH3 is 1. The highest BCUT2D eigenvalue weighted by atomic mass is 19.4. The highest BCUT2D eigenvalue weighted by molar-refractivity contribution is 5.52. The van der Waals surface area contributed by atoms with Gasteiger partial charge in [-0.05, 0) is 48.2 Å². The molecule has 0 aliphatic carbocycles. The maximum absolute atomic E-state index is 14.6. The number of halogens is 3. The molecule has 35 heavy (non-hydrogen) atoms. The minimum absolute atomic E-state index is 0.0796. The van der Waals surface area contributed by atoms with Gasteiger partial charge in [-0.1, -0.05) is 60.7 Å². The van der Waals surface area contributed by atoms with E-state index in [1.807, 2.05) is 18.2 Å². The molecule has 3 atom stereocenters. The Bertz CT molecular complexity index is 1150. The quantitative estimate of drug-likeness (QED) is 0.479. The van der Waals surface area contributed by atoms with Gasteiger partial charge in [0.05, 0.1) is 13.7 Å². The Hall–Kier alpha value is -2.87. The fourth-order valence-corrected chi connectivity index (χ4v) is 5.38. The van der Waals surface area contributed by atoms with Gasteiger partial charge in [-0.2, -0.15) is 13.2 Å². The normalized spacial score (nSPS) is 24.2. The van der Waals surface area contributed by atoms with Crippen LogP contribution >= 0.6 is 0 Å². The van der Waals surface area contributed by atoms with E-state index in [9.17, 15) is 13.2 Å². The van der Waals surface area contributed by atoms with E-state index in [1.165, 1.54) is 17.7 Å². The minimum atomic E-state index is -4.62. The maximum atomic E-state index is 14.6. The number of ether oxygens (including phenoxy) is 2. The van der Waals surface area contributed by atoms with E-state index in [-0.39, 0.29) is 29.8 Å². The van der Waals surface area contributed by atoms with E-state index >= 15 is 0 Å². The Kier molecular flexibility index (Phi) is 6.57. The number of fused-ring (bicyclic) bond motifs is 1. The molecule has 3 unspecified atom stereocenters. The standard InChI is InChI=1S/C28H29F3N2O2/c1-34-25-16-21-18-35-27(28(29,30)31,22-11-6-3-7-12-22)23(21)15-20(25)17-33-24-13-8-14-32-26(24)19-9-4-2-5-10-19/h2-7,9-12,15-16,24,26,32-33H,8,13-14,17-18H2,1H3. The lowest BCUT2D eigenvalue weighted by Gasteiger charge is -2.34. The molecule has 0 radical (unpaired) electrons. The lowest BCUT2D eigenvalue weighted by atomic mass is 9.83. The van der Waals surface area contributed by atoms with E-state index in [4.69, 9.17) is 9.47 Å². The van der Waals surface area contributed by atoms with Gasteiger partial charge in [0, 0.05) is 29.8 Å². The van der Waals surface area contributed by atoms with Crippen molar-refractivity contribution in [2.24, 2.45) is 0 Å². The number of nitrogens with one attached hydrogen (secondary N) is 2. The molecule has 2 aliphatic heterocycles. The Morgan fingerprint density at radius 3 is 2.46 bits per heavy atom. The first-order chi connectivity index (χ1) is 16.9. The van der Waals surface area contributed by atoms with Gasteiger partial charge < -0.3 is 20.1 Å². The number of benzene rings is 3. The summed E-state index contributed by atoms with van der Waals surface area (Å²) in [5, 5.41) is 7.18. The van der Waals surface area contributed by atoms with E-state index in [1.54, 1.807) is 37.4 Å². The predicted octanol–water partition coefficient (Wildman–Crippen LogP) is 5.61. The summed E-state index contributed by atoms with van der Waals surface area (Å²) >= 11 is 0. The third-order valence-corrected chi connectivity index (χ3v) is 7.08. The molecule has 1 saturated heterocycles. The molecule has 7 heteroatoms. The van der Waals surface area contributed by atoms with Crippen molar-refractivity contribution < 1.29 is 22.6 Å². The minimum Gasteiger partial charge on any atom is -0.496 e. The molecule has 5 rings (SSSR count). The number of hydrogen-bond donors (Lipinski definition) is 2. The summed E-state index contributed by atoms with van der Waals surface area (Å²) in [6.07, 6.45) is -2.62. The van der Waals surface area contributed by atoms with Crippen LogP contribution in [0.1, 0.15) is 46.7 Å². The molecule has 0 amide bonds. The lowest BCUT2D eigenvalue weighted by Crippen LogP contribution is -2.45. The molecule has 0 spiro atoms. The SMILES string of the molecule is COc1cc2c(cc1CNC1CCCNC1c1ccccc1)C(c1ccccc1)(C(F)(F)F)OC2. The van der Waals surface area contributed by atoms with E-state index in [2.05, 4.69) is 22.8 Å². The largest absolute Gasteiger partial charge is 0.496 e. The van der Waals surface area contributed by atoms with Crippen LogP contribution in [0.15, 0.2) is 72.8 Å². The predicted molar refractivity (Wildman–Crippen MR) is 128 cm³/mol. The van der Waals surface area contributed by atoms with Crippen molar-refractivity contribution in [1.29, 1.82) is 0 Å². The fourth-order valence-electron chi connectivity index (χ4n) is 5.38. The van der Waals surface area contributed by atoms with Gasteiger partial charge in [-0.3, -0.25) is 0 Å². The molecule has 2 heterocycles. The third kappa shape index (κ3) is 4.33. The van der Waals surface area contributed by atoms with Crippen molar-refractivity contribution in [2.75, 3.05) is 13.7 Å². The summed E-state index contributed by atoms with van der Waals surface area (Å²) in [4.78, 5) is 0. The third-order valence-electron chi connectivity index (χ3n) is 7.08. The molecule has 1 fully saturated rings. The molecule has 4 nitrogen and oxygen atoms in total. The molecule has 2 N–H and O–H groups in total. The van der Waals surface area contributed by atoms with Gasteiger partial charge in [0.1, 0.15) is 5.75 Å². The molecule has 3 aromatic carbocycles. The number of rotatable bonds is 6. The van der Waals surface area contributed by atoms with Crippen LogP contribution in [-0.2, 0) is 23.5 Å². The van der Waals surface area contributed by atoms with Crippen LogP contribution in [0.2, 0.25) is 0 Å². The van der Waals surface area contributed by atoms with Crippen LogP contribution in [0.3, 0.4) is 0 Å². The zero-order valence-electron chi connectivity index (χ0n) is 19.6. The van der Waals surface area contributed by atoms with Crippen molar-refractivity contribution in [2.45, 2.75) is 49.9 Å². The Balaban J connectivity index is 1.48. The summed E-state index contributed by atoms with van der Waals surface area (Å²) in [5.41, 5.74) is 0.0844. The second-order valence-electron chi connectivity index (χ2n) is 9.13. The summed E-state index contributed by atoms with van der Waals surface area (Å²) in [7, 11) is 1.55. The van der Waals surface area contributed by atoms with Crippen molar-refractivity contribution in [3.8, 4) is 5.75 Å². The van der Waals surface area contributed by atoms with Crippen molar-refractivity contribution in [1.82, 2.24) is 10.6 Å². The number of piperidine rings is 1. The molecule has 0 bridgehead atoms. The highest BCUT2D eigenvalue weighted by Crippen LogP contribution is 2.53. The van der Waals surface area contributed by atoms with Crippen LogP contribution < -0.4 is 15.4 Å². The van der Waals surface area contributed by atoms with Crippen molar-refractivity contribution >= 4 is 0 Å². The Morgan fingerprint density at radius 1 is 1.06 bits per heavy atom. The van der Waals surface area contributed by atoms with Crippen LogP contribution in [0.25, 0.3) is 0 Å². The molecule has 184 valence electrons. The van der Waals surface area contributed by atoms with Gasteiger partial charge in [0.2, 0.25) is 5.60 Å². The first kappa shape index (κ1) is 23.9. The topological polar surface area (TPSA) is 42.5 Å². The summed E-state index contributed by atoms with van der Waals surface area (Å²) in [6, 6.07) is 21.7. The van der Waals surface area contributed by atoms with Gasteiger partial charge >= 0.3 is 6.18 Å². The van der Waals surface area contributed by atoms with Crippen LogP contribution in [0.4, 0.5) is 13.2 Å². The number of hydrogen-bond acceptors (Lipinski definition) is 4. The van der Waals surface area contributed by atoms with E-state index in [0.717, 1.165) is 19.4 Å². The average molecular weight is 483 g/mol. The molecule has 0 saturated carbocycles.